The molecule has 0 atom stereocenters. The van der Waals surface area contributed by atoms with Gasteiger partial charge in [-0.05, 0) is 23.6 Å². The van der Waals surface area contributed by atoms with Gasteiger partial charge < -0.3 is 20.1 Å². The van der Waals surface area contributed by atoms with Crippen molar-refractivity contribution in [3.8, 4) is 5.75 Å². The summed E-state index contributed by atoms with van der Waals surface area (Å²) in [6, 6.07) is 11.0. The molecule has 1 aromatic carbocycles. The quantitative estimate of drug-likeness (QED) is 0.773. The van der Waals surface area contributed by atoms with Crippen molar-refractivity contribution in [2.75, 3.05) is 25.6 Å². The number of methoxy groups -OCH3 is 1. The first-order valence-electron chi connectivity index (χ1n) is 6.57. The number of hydrogen-bond donors (Lipinski definition) is 2. The predicted molar refractivity (Wildman–Crippen MR) is 84.0 cm³/mol. The highest BCUT2D eigenvalue weighted by Gasteiger charge is 2.03. The van der Waals surface area contributed by atoms with Crippen molar-refractivity contribution in [1.29, 1.82) is 0 Å². The first-order chi connectivity index (χ1) is 10.3. The van der Waals surface area contributed by atoms with Gasteiger partial charge in [0.25, 0.3) is 0 Å². The second-order valence-electron chi connectivity index (χ2n) is 4.26. The molecule has 5 nitrogen and oxygen atoms in total. The van der Waals surface area contributed by atoms with E-state index in [0.29, 0.717) is 31.2 Å². The molecule has 2 N–H and O–H groups in total. The lowest BCUT2D eigenvalue weighted by Gasteiger charge is -2.09. The van der Waals surface area contributed by atoms with Crippen LogP contribution in [0.15, 0.2) is 41.8 Å². The van der Waals surface area contributed by atoms with Crippen LogP contribution in [0.1, 0.15) is 4.88 Å². The van der Waals surface area contributed by atoms with Gasteiger partial charge in [-0.25, -0.2) is 4.79 Å². The second kappa shape index (κ2) is 8.28. The van der Waals surface area contributed by atoms with E-state index >= 15 is 0 Å². The van der Waals surface area contributed by atoms with Gasteiger partial charge in [-0.2, -0.15) is 0 Å². The zero-order valence-electron chi connectivity index (χ0n) is 11.8. The minimum Gasteiger partial charge on any atom is -0.491 e. The fourth-order valence-electron chi connectivity index (χ4n) is 1.66. The fourth-order valence-corrected chi connectivity index (χ4v) is 2.31. The lowest BCUT2D eigenvalue weighted by molar-refractivity contribution is 0.146. The van der Waals surface area contributed by atoms with Crippen molar-refractivity contribution in [2.24, 2.45) is 0 Å². The molecule has 21 heavy (non-hydrogen) atoms. The van der Waals surface area contributed by atoms with E-state index in [2.05, 4.69) is 10.6 Å². The molecule has 0 aliphatic rings. The van der Waals surface area contributed by atoms with Crippen LogP contribution < -0.4 is 15.4 Å². The van der Waals surface area contributed by atoms with E-state index in [1.807, 2.05) is 35.7 Å². The third-order valence-corrected chi connectivity index (χ3v) is 3.53. The van der Waals surface area contributed by atoms with E-state index in [1.165, 1.54) is 0 Å². The molecule has 0 saturated carbocycles. The molecule has 0 unspecified atom stereocenters. The monoisotopic (exact) mass is 306 g/mol. The van der Waals surface area contributed by atoms with Gasteiger partial charge in [0, 0.05) is 23.7 Å². The SMILES string of the molecule is COCCOc1cccc(NC(=O)NCc2cccs2)c1. The lowest BCUT2D eigenvalue weighted by atomic mass is 10.3. The molecule has 0 aliphatic carbocycles. The van der Waals surface area contributed by atoms with Crippen molar-refractivity contribution in [3.05, 3.63) is 46.7 Å². The van der Waals surface area contributed by atoms with E-state index in [4.69, 9.17) is 9.47 Å². The molecule has 0 radical (unpaired) electrons. The van der Waals surface area contributed by atoms with Gasteiger partial charge in [0.2, 0.25) is 0 Å². The number of ether oxygens (including phenoxy) is 2. The first kappa shape index (κ1) is 15.3. The number of urea groups is 1. The van der Waals surface area contributed by atoms with E-state index in [1.54, 1.807) is 24.5 Å². The maximum atomic E-state index is 11.8. The third-order valence-electron chi connectivity index (χ3n) is 2.65. The zero-order chi connectivity index (χ0) is 14.9. The molecule has 0 bridgehead atoms. The zero-order valence-corrected chi connectivity index (χ0v) is 12.6. The predicted octanol–water partition coefficient (Wildman–Crippen LogP) is 3.10. The van der Waals surface area contributed by atoms with Crippen molar-refractivity contribution in [1.82, 2.24) is 5.32 Å². The van der Waals surface area contributed by atoms with Crippen molar-refractivity contribution >= 4 is 23.1 Å². The van der Waals surface area contributed by atoms with Crippen LogP contribution in [0, 0.1) is 0 Å². The first-order valence-corrected chi connectivity index (χ1v) is 7.45. The van der Waals surface area contributed by atoms with Crippen LogP contribution in [-0.4, -0.2) is 26.4 Å². The van der Waals surface area contributed by atoms with Crippen molar-refractivity contribution in [2.45, 2.75) is 6.54 Å². The van der Waals surface area contributed by atoms with Crippen LogP contribution in [0.2, 0.25) is 0 Å². The summed E-state index contributed by atoms with van der Waals surface area (Å²) in [6.07, 6.45) is 0. The minimum atomic E-state index is -0.238. The summed E-state index contributed by atoms with van der Waals surface area (Å²) in [5.41, 5.74) is 0.689. The molecule has 2 amide bonds. The molecule has 0 aliphatic heterocycles. The van der Waals surface area contributed by atoms with E-state index in [9.17, 15) is 4.79 Å². The number of thiophene rings is 1. The standard InChI is InChI=1S/C15H18N2O3S/c1-19-7-8-20-13-5-2-4-12(10-13)17-15(18)16-11-14-6-3-9-21-14/h2-6,9-10H,7-8,11H2,1H3,(H2,16,17,18). The molecular weight excluding hydrogens is 288 g/mol. The molecule has 2 aromatic rings. The van der Waals surface area contributed by atoms with Crippen molar-refractivity contribution in [3.63, 3.8) is 0 Å². The fraction of sp³-hybridized carbons (Fsp3) is 0.267. The van der Waals surface area contributed by atoms with Crippen LogP contribution in [0.4, 0.5) is 10.5 Å². The highest BCUT2D eigenvalue weighted by atomic mass is 32.1. The summed E-state index contributed by atoms with van der Waals surface area (Å²) in [5, 5.41) is 7.57. The molecular formula is C15H18N2O3S. The summed E-state index contributed by atoms with van der Waals surface area (Å²) in [6.45, 7) is 1.52. The minimum absolute atomic E-state index is 0.238. The summed E-state index contributed by atoms with van der Waals surface area (Å²) < 4.78 is 10.4. The van der Waals surface area contributed by atoms with Gasteiger partial charge in [0.1, 0.15) is 12.4 Å². The Bertz CT molecular complexity index is 558. The van der Waals surface area contributed by atoms with Gasteiger partial charge in [-0.3, -0.25) is 0 Å². The van der Waals surface area contributed by atoms with Crippen LogP contribution in [0.25, 0.3) is 0 Å². The highest BCUT2D eigenvalue weighted by Crippen LogP contribution is 2.17. The molecule has 0 fully saturated rings. The van der Waals surface area contributed by atoms with Gasteiger partial charge in [-0.15, -0.1) is 11.3 Å². The average Bonchev–Trinajstić information content (AvgIpc) is 2.99. The Labute approximate surface area is 127 Å². The Hall–Kier alpha value is -2.05. The van der Waals surface area contributed by atoms with E-state index in [-0.39, 0.29) is 6.03 Å². The normalized spacial score (nSPS) is 10.1. The Morgan fingerprint density at radius 3 is 2.90 bits per heavy atom. The van der Waals surface area contributed by atoms with Crippen molar-refractivity contribution < 1.29 is 14.3 Å². The Balaban J connectivity index is 1.81. The third kappa shape index (κ3) is 5.45. The van der Waals surface area contributed by atoms with Gasteiger partial charge >= 0.3 is 6.03 Å². The Morgan fingerprint density at radius 2 is 2.14 bits per heavy atom. The molecule has 0 spiro atoms. The second-order valence-corrected chi connectivity index (χ2v) is 5.29. The van der Waals surface area contributed by atoms with E-state index < -0.39 is 0 Å². The van der Waals surface area contributed by atoms with Gasteiger partial charge in [-0.1, -0.05) is 12.1 Å². The maximum Gasteiger partial charge on any atom is 0.319 e. The number of rotatable bonds is 7. The number of amides is 2. The van der Waals surface area contributed by atoms with Crippen LogP contribution in [0.3, 0.4) is 0 Å². The number of nitrogens with one attached hydrogen (secondary N) is 2. The summed E-state index contributed by atoms with van der Waals surface area (Å²) >= 11 is 1.61. The van der Waals surface area contributed by atoms with Gasteiger partial charge in [0.05, 0.1) is 13.2 Å². The molecule has 1 heterocycles. The van der Waals surface area contributed by atoms with Crippen LogP contribution in [0.5, 0.6) is 5.75 Å². The Kier molecular flexibility index (Phi) is 6.05. The molecule has 6 heteroatoms. The number of hydrogen-bond acceptors (Lipinski definition) is 4. The van der Waals surface area contributed by atoms with Gasteiger partial charge in [0.15, 0.2) is 0 Å². The summed E-state index contributed by atoms with van der Waals surface area (Å²) in [4.78, 5) is 12.9. The summed E-state index contributed by atoms with van der Waals surface area (Å²) in [5.74, 6) is 0.697. The largest absolute Gasteiger partial charge is 0.491 e. The Morgan fingerprint density at radius 1 is 1.24 bits per heavy atom. The molecule has 2 rings (SSSR count). The van der Waals surface area contributed by atoms with Crippen LogP contribution >= 0.6 is 11.3 Å². The smallest absolute Gasteiger partial charge is 0.319 e. The maximum absolute atomic E-state index is 11.8. The van der Waals surface area contributed by atoms with E-state index in [0.717, 1.165) is 4.88 Å². The highest BCUT2D eigenvalue weighted by molar-refractivity contribution is 7.09. The van der Waals surface area contributed by atoms with Crippen LogP contribution in [-0.2, 0) is 11.3 Å². The molecule has 112 valence electrons. The molecule has 0 saturated heterocycles. The number of carbonyl (C=O) groups excluding carboxylic acids is 1. The topological polar surface area (TPSA) is 59.6 Å². The number of benzene rings is 1. The lowest BCUT2D eigenvalue weighted by Crippen LogP contribution is -2.27. The average molecular weight is 306 g/mol. The summed E-state index contributed by atoms with van der Waals surface area (Å²) in [7, 11) is 1.62. The molecule has 1 aromatic heterocycles. The number of carbonyl (C=O) groups is 1. The number of anilines is 1.